The van der Waals surface area contributed by atoms with Crippen molar-refractivity contribution in [1.29, 1.82) is 0 Å². The van der Waals surface area contributed by atoms with Gasteiger partial charge in [-0.15, -0.1) is 0 Å². The molecular formula is C12H11N3O3. The number of aromatic amines is 2. The predicted octanol–water partition coefficient (Wildman–Crippen LogP) is 0.624. The smallest absolute Gasteiger partial charge is 0.308 e. The topological polar surface area (TPSA) is 94.8 Å². The molecule has 1 heterocycles. The molecule has 2 rings (SSSR count). The maximum absolute atomic E-state index is 11.8. The van der Waals surface area contributed by atoms with Crippen LogP contribution >= 0.6 is 0 Å². The number of amides is 1. The highest BCUT2D eigenvalue weighted by Crippen LogP contribution is 2.06. The van der Waals surface area contributed by atoms with Gasteiger partial charge in [-0.2, -0.15) is 0 Å². The van der Waals surface area contributed by atoms with Gasteiger partial charge >= 0.3 is 5.69 Å². The molecule has 0 aliphatic carbocycles. The van der Waals surface area contributed by atoms with Crippen molar-refractivity contribution in [2.45, 2.75) is 6.92 Å². The van der Waals surface area contributed by atoms with Crippen molar-refractivity contribution in [2.24, 2.45) is 0 Å². The van der Waals surface area contributed by atoms with Gasteiger partial charge in [0.15, 0.2) is 0 Å². The van der Waals surface area contributed by atoms with Crippen LogP contribution in [0.25, 0.3) is 0 Å². The molecule has 92 valence electrons. The highest BCUT2D eigenvalue weighted by Gasteiger charge is 2.06. The van der Waals surface area contributed by atoms with Crippen LogP contribution in [0.15, 0.2) is 39.9 Å². The minimum Gasteiger partial charge on any atom is -0.308 e. The van der Waals surface area contributed by atoms with Crippen LogP contribution in [0.5, 0.6) is 0 Å². The fourth-order valence-corrected chi connectivity index (χ4v) is 1.52. The molecule has 0 saturated carbocycles. The van der Waals surface area contributed by atoms with Gasteiger partial charge in [0.1, 0.15) is 5.82 Å². The van der Waals surface area contributed by atoms with Gasteiger partial charge in [-0.3, -0.25) is 19.6 Å². The zero-order valence-corrected chi connectivity index (χ0v) is 9.61. The molecule has 0 saturated heterocycles. The molecule has 0 bridgehead atoms. The maximum Gasteiger partial charge on any atom is 0.327 e. The second-order valence-corrected chi connectivity index (χ2v) is 3.82. The average molecular weight is 245 g/mol. The summed E-state index contributed by atoms with van der Waals surface area (Å²) in [6, 6.07) is 8.08. The van der Waals surface area contributed by atoms with Crippen LogP contribution in [0.2, 0.25) is 0 Å². The first-order valence-electron chi connectivity index (χ1n) is 5.26. The van der Waals surface area contributed by atoms with Crippen LogP contribution in [0.3, 0.4) is 0 Å². The van der Waals surface area contributed by atoms with Crippen molar-refractivity contribution in [3.05, 3.63) is 62.3 Å². The molecule has 0 spiro atoms. The summed E-state index contributed by atoms with van der Waals surface area (Å²) in [7, 11) is 0. The molecule has 6 heteroatoms. The number of carbonyl (C=O) groups excluding carboxylic acids is 1. The van der Waals surface area contributed by atoms with Gasteiger partial charge in [0.25, 0.3) is 11.5 Å². The lowest BCUT2D eigenvalue weighted by Crippen LogP contribution is -2.24. The Hall–Kier alpha value is -2.63. The van der Waals surface area contributed by atoms with Gasteiger partial charge in [0.05, 0.1) is 0 Å². The van der Waals surface area contributed by atoms with Crippen molar-refractivity contribution >= 4 is 11.7 Å². The Morgan fingerprint density at radius 2 is 1.94 bits per heavy atom. The Morgan fingerprint density at radius 3 is 2.61 bits per heavy atom. The van der Waals surface area contributed by atoms with Gasteiger partial charge < -0.3 is 5.32 Å². The first-order chi connectivity index (χ1) is 8.54. The fourth-order valence-electron chi connectivity index (χ4n) is 1.52. The summed E-state index contributed by atoms with van der Waals surface area (Å²) in [6.07, 6.45) is 0. The van der Waals surface area contributed by atoms with E-state index in [0.717, 1.165) is 11.6 Å². The molecule has 2 aromatic rings. The maximum atomic E-state index is 11.8. The quantitative estimate of drug-likeness (QED) is 0.724. The molecule has 0 atom stereocenters. The normalized spacial score (nSPS) is 10.1. The summed E-state index contributed by atoms with van der Waals surface area (Å²) < 4.78 is 0. The first kappa shape index (κ1) is 11.8. The van der Waals surface area contributed by atoms with Crippen LogP contribution < -0.4 is 16.6 Å². The van der Waals surface area contributed by atoms with E-state index in [0.29, 0.717) is 5.56 Å². The summed E-state index contributed by atoms with van der Waals surface area (Å²) in [5.74, 6) is -0.324. The van der Waals surface area contributed by atoms with E-state index in [1.807, 2.05) is 18.0 Å². The molecule has 1 aromatic heterocycles. The number of hydrogen-bond acceptors (Lipinski definition) is 3. The Bertz CT molecular complexity index is 672. The third kappa shape index (κ3) is 2.73. The highest BCUT2D eigenvalue weighted by atomic mass is 16.2. The van der Waals surface area contributed by atoms with Crippen molar-refractivity contribution < 1.29 is 4.79 Å². The number of nitrogens with one attached hydrogen (secondary N) is 3. The highest BCUT2D eigenvalue weighted by molar-refractivity contribution is 6.03. The van der Waals surface area contributed by atoms with Crippen LogP contribution in [-0.2, 0) is 0 Å². The van der Waals surface area contributed by atoms with E-state index in [9.17, 15) is 14.4 Å². The van der Waals surface area contributed by atoms with Crippen LogP contribution in [0.1, 0.15) is 15.9 Å². The SMILES string of the molecule is Cc1cccc(C(=O)Nc2cc(=O)[nH]c(=O)[nH]2)c1. The first-order valence-corrected chi connectivity index (χ1v) is 5.26. The summed E-state index contributed by atoms with van der Waals surface area (Å²) in [4.78, 5) is 38.3. The standard InChI is InChI=1S/C12H11N3O3/c1-7-3-2-4-8(5-7)11(17)13-9-6-10(16)15-12(18)14-9/h2-6H,1H3,(H3,13,14,15,16,17,18). The number of rotatable bonds is 2. The fraction of sp³-hybridized carbons (Fsp3) is 0.0833. The van der Waals surface area contributed by atoms with Crippen LogP contribution in [0.4, 0.5) is 5.82 Å². The number of H-pyrrole nitrogens is 2. The number of benzene rings is 1. The van der Waals surface area contributed by atoms with E-state index in [2.05, 4.69) is 10.3 Å². The van der Waals surface area contributed by atoms with E-state index in [1.165, 1.54) is 0 Å². The van der Waals surface area contributed by atoms with Gasteiger partial charge in [-0.05, 0) is 19.1 Å². The predicted molar refractivity (Wildman–Crippen MR) is 66.8 cm³/mol. The van der Waals surface area contributed by atoms with Crippen molar-refractivity contribution in [3.8, 4) is 0 Å². The number of aromatic nitrogens is 2. The Labute approximate surface area is 102 Å². The van der Waals surface area contributed by atoms with Gasteiger partial charge in [-0.1, -0.05) is 17.7 Å². The monoisotopic (exact) mass is 245 g/mol. The van der Waals surface area contributed by atoms with E-state index in [4.69, 9.17) is 0 Å². The zero-order chi connectivity index (χ0) is 13.1. The van der Waals surface area contributed by atoms with Gasteiger partial charge in [0, 0.05) is 11.6 Å². The molecule has 1 aromatic carbocycles. The second kappa shape index (κ2) is 4.70. The number of aryl methyl sites for hydroxylation is 1. The van der Waals surface area contributed by atoms with E-state index in [1.54, 1.807) is 18.2 Å². The number of hydrogen-bond donors (Lipinski definition) is 3. The van der Waals surface area contributed by atoms with E-state index < -0.39 is 11.2 Å². The summed E-state index contributed by atoms with van der Waals surface area (Å²) >= 11 is 0. The number of anilines is 1. The Balaban J connectivity index is 2.26. The molecule has 3 N–H and O–H groups in total. The summed E-state index contributed by atoms with van der Waals surface area (Å²) in [5.41, 5.74) is 0.165. The molecule has 0 unspecified atom stereocenters. The van der Waals surface area contributed by atoms with Crippen molar-refractivity contribution in [1.82, 2.24) is 9.97 Å². The zero-order valence-electron chi connectivity index (χ0n) is 9.61. The molecule has 1 amide bonds. The molecule has 0 aliphatic rings. The minimum atomic E-state index is -0.665. The van der Waals surface area contributed by atoms with Gasteiger partial charge in [-0.25, -0.2) is 4.79 Å². The molecule has 18 heavy (non-hydrogen) atoms. The van der Waals surface area contributed by atoms with Crippen molar-refractivity contribution in [3.63, 3.8) is 0 Å². The molecule has 0 aliphatic heterocycles. The van der Waals surface area contributed by atoms with E-state index in [-0.39, 0.29) is 11.7 Å². The number of carbonyl (C=O) groups is 1. The summed E-state index contributed by atoms with van der Waals surface area (Å²) in [5, 5.41) is 2.45. The summed E-state index contributed by atoms with van der Waals surface area (Å²) in [6.45, 7) is 1.87. The Kier molecular flexibility index (Phi) is 3.09. The molecule has 6 nitrogen and oxygen atoms in total. The largest absolute Gasteiger partial charge is 0.327 e. The Morgan fingerprint density at radius 1 is 1.17 bits per heavy atom. The van der Waals surface area contributed by atoms with Gasteiger partial charge in [0.2, 0.25) is 0 Å². The minimum absolute atomic E-state index is 0.0651. The molecule has 0 fully saturated rings. The molecule has 0 radical (unpaired) electrons. The lowest BCUT2D eigenvalue weighted by atomic mass is 10.1. The molecular weight excluding hydrogens is 234 g/mol. The average Bonchev–Trinajstić information content (AvgIpc) is 2.27. The van der Waals surface area contributed by atoms with E-state index >= 15 is 0 Å². The second-order valence-electron chi connectivity index (χ2n) is 3.82. The van der Waals surface area contributed by atoms with Crippen LogP contribution in [0, 0.1) is 6.92 Å². The lowest BCUT2D eigenvalue weighted by molar-refractivity contribution is 0.102. The lowest BCUT2D eigenvalue weighted by Gasteiger charge is -2.04. The third-order valence-corrected chi connectivity index (χ3v) is 2.29. The van der Waals surface area contributed by atoms with Crippen LogP contribution in [-0.4, -0.2) is 15.9 Å². The third-order valence-electron chi connectivity index (χ3n) is 2.29. The van der Waals surface area contributed by atoms with Crippen molar-refractivity contribution in [2.75, 3.05) is 5.32 Å².